The van der Waals surface area contributed by atoms with E-state index in [2.05, 4.69) is 31.2 Å². The lowest BCUT2D eigenvalue weighted by atomic mass is 10.0. The van der Waals surface area contributed by atoms with Crippen molar-refractivity contribution in [1.82, 2.24) is 0 Å². The molecule has 0 amide bonds. The van der Waals surface area contributed by atoms with Crippen molar-refractivity contribution >= 4 is 12.6 Å². The summed E-state index contributed by atoms with van der Waals surface area (Å²) in [7, 11) is 0. The highest BCUT2D eigenvalue weighted by Crippen LogP contribution is 2.10. The van der Waals surface area contributed by atoms with Crippen LogP contribution in [0.2, 0.25) is 0 Å². The molecule has 1 rings (SSSR count). The largest absolute Gasteiger partial charge is 0.0942 e. The van der Waals surface area contributed by atoms with Crippen molar-refractivity contribution in [3.63, 3.8) is 0 Å². The summed E-state index contributed by atoms with van der Waals surface area (Å²) in [6.07, 6.45) is 3.58. The summed E-state index contributed by atoms with van der Waals surface area (Å²) < 4.78 is 0. The fourth-order valence-corrected chi connectivity index (χ4v) is 1.51. The lowest BCUT2D eigenvalue weighted by molar-refractivity contribution is 0.800. The Morgan fingerprint density at radius 2 is 1.92 bits per heavy atom. The number of hydrogen-bond acceptors (Lipinski definition) is 0. The Hall–Kier alpha value is -0.430. The van der Waals surface area contributed by atoms with Crippen molar-refractivity contribution in [3.8, 4) is 0 Å². The van der Waals surface area contributed by atoms with Gasteiger partial charge in [0.1, 0.15) is 0 Å². The number of rotatable bonds is 4. The van der Waals surface area contributed by atoms with E-state index in [1.165, 1.54) is 30.4 Å². The van der Waals surface area contributed by atoms with Gasteiger partial charge in [-0.25, -0.2) is 0 Å². The van der Waals surface area contributed by atoms with Crippen LogP contribution in [-0.4, -0.2) is 5.75 Å². The molecule has 0 unspecified atom stereocenters. The standard InChI is InChI=1S/C11H15S/c1-10-6-2-3-7-11(10)8-4-5-9-12/h2-3,6-7H,4-5,8-9H2,1H3. The molecule has 0 atom stereocenters. The second-order valence-corrected chi connectivity index (χ2v) is 3.50. The van der Waals surface area contributed by atoms with E-state index in [0.717, 1.165) is 5.75 Å². The molecule has 1 heteroatoms. The highest BCUT2D eigenvalue weighted by atomic mass is 32.1. The van der Waals surface area contributed by atoms with Crippen LogP contribution in [0.3, 0.4) is 0 Å². The predicted molar refractivity (Wildman–Crippen MR) is 56.6 cm³/mol. The van der Waals surface area contributed by atoms with E-state index in [1.54, 1.807) is 0 Å². The lowest BCUT2D eigenvalue weighted by Crippen LogP contribution is -1.89. The highest BCUT2D eigenvalue weighted by molar-refractivity contribution is 7.80. The number of benzene rings is 1. The van der Waals surface area contributed by atoms with Crippen LogP contribution in [0.1, 0.15) is 24.0 Å². The molecule has 1 aromatic carbocycles. The molecule has 0 nitrogen and oxygen atoms in total. The highest BCUT2D eigenvalue weighted by Gasteiger charge is 1.95. The van der Waals surface area contributed by atoms with E-state index in [9.17, 15) is 0 Å². The Labute approximate surface area is 80.4 Å². The molecule has 0 N–H and O–H groups in total. The van der Waals surface area contributed by atoms with Crippen molar-refractivity contribution in [1.29, 1.82) is 0 Å². The fraction of sp³-hybridized carbons (Fsp3) is 0.455. The van der Waals surface area contributed by atoms with Crippen molar-refractivity contribution in [2.75, 3.05) is 5.75 Å². The second kappa shape index (κ2) is 5.26. The van der Waals surface area contributed by atoms with E-state index >= 15 is 0 Å². The van der Waals surface area contributed by atoms with Crippen LogP contribution < -0.4 is 0 Å². The summed E-state index contributed by atoms with van der Waals surface area (Å²) in [5.74, 6) is 0.895. The van der Waals surface area contributed by atoms with Crippen LogP contribution in [0.25, 0.3) is 0 Å². The molecule has 0 aliphatic carbocycles. The Kier molecular flexibility index (Phi) is 4.23. The maximum absolute atomic E-state index is 4.90. The SMILES string of the molecule is Cc1ccccc1CCCC[S]. The van der Waals surface area contributed by atoms with Crippen LogP contribution in [0.15, 0.2) is 24.3 Å². The molecule has 0 fully saturated rings. The molecule has 0 heterocycles. The first-order valence-electron chi connectivity index (χ1n) is 4.47. The van der Waals surface area contributed by atoms with Gasteiger partial charge in [0.15, 0.2) is 0 Å². The number of hydrogen-bond donors (Lipinski definition) is 0. The van der Waals surface area contributed by atoms with Crippen LogP contribution in [-0.2, 0) is 6.42 Å². The van der Waals surface area contributed by atoms with E-state index in [4.69, 9.17) is 12.6 Å². The summed E-state index contributed by atoms with van der Waals surface area (Å²) >= 11 is 4.90. The van der Waals surface area contributed by atoms with E-state index in [-0.39, 0.29) is 0 Å². The zero-order valence-electron chi connectivity index (χ0n) is 7.55. The van der Waals surface area contributed by atoms with Crippen molar-refractivity contribution in [2.24, 2.45) is 0 Å². The quantitative estimate of drug-likeness (QED) is 0.620. The molecule has 0 saturated heterocycles. The first kappa shape index (κ1) is 9.66. The fourth-order valence-electron chi connectivity index (χ4n) is 1.31. The molecule has 65 valence electrons. The molecule has 0 bridgehead atoms. The molecule has 1 aromatic rings. The molecular formula is C11H15S. The van der Waals surface area contributed by atoms with Gasteiger partial charge < -0.3 is 0 Å². The van der Waals surface area contributed by atoms with Gasteiger partial charge >= 0.3 is 0 Å². The van der Waals surface area contributed by atoms with Gasteiger partial charge in [-0.3, -0.25) is 0 Å². The van der Waals surface area contributed by atoms with Gasteiger partial charge in [-0.1, -0.05) is 36.9 Å². The zero-order valence-corrected chi connectivity index (χ0v) is 8.36. The van der Waals surface area contributed by atoms with Crippen LogP contribution in [0, 0.1) is 6.92 Å². The van der Waals surface area contributed by atoms with E-state index in [0.29, 0.717) is 0 Å². The average molecular weight is 179 g/mol. The Morgan fingerprint density at radius 3 is 2.58 bits per heavy atom. The molecule has 0 aromatic heterocycles. The van der Waals surface area contributed by atoms with Gasteiger partial charge in [0.2, 0.25) is 0 Å². The minimum absolute atomic E-state index is 0.895. The minimum Gasteiger partial charge on any atom is -0.0942 e. The van der Waals surface area contributed by atoms with Crippen LogP contribution >= 0.6 is 12.6 Å². The van der Waals surface area contributed by atoms with Crippen molar-refractivity contribution in [2.45, 2.75) is 26.2 Å². The molecule has 1 radical (unpaired) electrons. The van der Waals surface area contributed by atoms with Gasteiger partial charge in [-0.15, -0.1) is 0 Å². The molecule has 0 aliphatic heterocycles. The van der Waals surface area contributed by atoms with Crippen molar-refractivity contribution in [3.05, 3.63) is 35.4 Å². The van der Waals surface area contributed by atoms with Crippen LogP contribution in [0.5, 0.6) is 0 Å². The summed E-state index contributed by atoms with van der Waals surface area (Å²) in [6, 6.07) is 8.57. The zero-order chi connectivity index (χ0) is 8.81. The maximum Gasteiger partial charge on any atom is 0.00370 e. The Morgan fingerprint density at radius 1 is 1.17 bits per heavy atom. The minimum atomic E-state index is 0.895. The maximum atomic E-state index is 4.90. The summed E-state index contributed by atoms with van der Waals surface area (Å²) in [5.41, 5.74) is 2.88. The molecule has 0 spiro atoms. The third kappa shape index (κ3) is 2.90. The monoisotopic (exact) mass is 179 g/mol. The number of unbranched alkanes of at least 4 members (excludes halogenated alkanes) is 1. The summed E-state index contributed by atoms with van der Waals surface area (Å²) in [6.45, 7) is 2.17. The molecular weight excluding hydrogens is 164 g/mol. The van der Waals surface area contributed by atoms with Gasteiger partial charge in [-0.2, -0.15) is 0 Å². The van der Waals surface area contributed by atoms with Crippen molar-refractivity contribution < 1.29 is 0 Å². The van der Waals surface area contributed by atoms with Gasteiger partial charge in [0.05, 0.1) is 0 Å². The first-order chi connectivity index (χ1) is 5.84. The third-order valence-corrected chi connectivity index (χ3v) is 2.39. The van der Waals surface area contributed by atoms with Gasteiger partial charge in [0.25, 0.3) is 0 Å². The summed E-state index contributed by atoms with van der Waals surface area (Å²) in [5, 5.41) is 0. The molecule has 12 heavy (non-hydrogen) atoms. The second-order valence-electron chi connectivity index (χ2n) is 3.09. The average Bonchev–Trinajstić information content (AvgIpc) is 2.09. The third-order valence-electron chi connectivity index (χ3n) is 2.10. The smallest absolute Gasteiger partial charge is 0.00370 e. The predicted octanol–water partition coefficient (Wildman–Crippen LogP) is 3.52. The van der Waals surface area contributed by atoms with E-state index in [1.807, 2.05) is 0 Å². The normalized spacial score (nSPS) is 10.2. The van der Waals surface area contributed by atoms with Gasteiger partial charge in [-0.05, 0) is 37.3 Å². The topological polar surface area (TPSA) is 0 Å². The molecule has 0 saturated carbocycles. The van der Waals surface area contributed by atoms with Gasteiger partial charge in [0, 0.05) is 5.75 Å². The lowest BCUT2D eigenvalue weighted by Gasteiger charge is -2.03. The van der Waals surface area contributed by atoms with E-state index < -0.39 is 0 Å². The Bertz CT molecular complexity index is 230. The summed E-state index contributed by atoms with van der Waals surface area (Å²) in [4.78, 5) is 0. The first-order valence-corrected chi connectivity index (χ1v) is 5.05. The molecule has 0 aliphatic rings. The van der Waals surface area contributed by atoms with Crippen LogP contribution in [0.4, 0.5) is 0 Å². The number of aryl methyl sites for hydroxylation is 2. The Balaban J connectivity index is 2.46.